The first kappa shape index (κ1) is 28.1. The number of ketones is 1. The number of likely N-dealkylation sites (tertiary alicyclic amines) is 1. The van der Waals surface area contributed by atoms with Crippen molar-refractivity contribution in [2.75, 3.05) is 52.6 Å². The van der Waals surface area contributed by atoms with Crippen LogP contribution >= 0.6 is 0 Å². The standard InChI is InChI=1S/C31H36N2O6/c1-4-17-38-24-9-7-23(8-10-24)28-27(29(34)26-12-11-25(21-22(26)3)39-18-5-2)30(35)31(36)33(28)14-6-13-32-15-19-37-20-16-32/h4-5,7-12,21,28,34H,1-2,6,13-20H2,3H3/t28-/m0/s1. The number of morpholine rings is 1. The molecule has 1 N–H and O–H groups in total. The van der Waals surface area contributed by atoms with Crippen molar-refractivity contribution >= 4 is 17.4 Å². The number of carbonyl (C=O) groups excluding carboxylic acids is 2. The van der Waals surface area contributed by atoms with E-state index in [1.54, 1.807) is 47.4 Å². The molecule has 2 heterocycles. The highest BCUT2D eigenvalue weighted by Gasteiger charge is 2.46. The number of aliphatic hydroxyl groups excluding tert-OH is 1. The number of hydrogen-bond acceptors (Lipinski definition) is 7. The van der Waals surface area contributed by atoms with E-state index in [1.165, 1.54) is 0 Å². The Labute approximate surface area is 229 Å². The predicted octanol–water partition coefficient (Wildman–Crippen LogP) is 4.27. The number of ether oxygens (including phenoxy) is 3. The van der Waals surface area contributed by atoms with Crippen molar-refractivity contribution in [3.8, 4) is 11.5 Å². The first-order chi connectivity index (χ1) is 18.9. The van der Waals surface area contributed by atoms with Gasteiger partial charge in [0.1, 0.15) is 30.5 Å². The van der Waals surface area contributed by atoms with Crippen LogP contribution < -0.4 is 9.47 Å². The molecule has 39 heavy (non-hydrogen) atoms. The Balaban J connectivity index is 1.67. The minimum atomic E-state index is -0.723. The van der Waals surface area contributed by atoms with Gasteiger partial charge in [0.15, 0.2) is 0 Å². The van der Waals surface area contributed by atoms with Gasteiger partial charge in [-0.2, -0.15) is 0 Å². The van der Waals surface area contributed by atoms with Crippen LogP contribution in [0.3, 0.4) is 0 Å². The Morgan fingerprint density at radius 1 is 1.00 bits per heavy atom. The molecule has 0 bridgehead atoms. The molecule has 4 rings (SSSR count). The van der Waals surface area contributed by atoms with Crippen LogP contribution in [0.15, 0.2) is 73.3 Å². The van der Waals surface area contributed by atoms with E-state index >= 15 is 0 Å². The normalized spacial score (nSPS) is 19.2. The van der Waals surface area contributed by atoms with Gasteiger partial charge in [0.25, 0.3) is 11.7 Å². The van der Waals surface area contributed by atoms with Gasteiger partial charge in [-0.3, -0.25) is 14.5 Å². The molecule has 2 saturated heterocycles. The van der Waals surface area contributed by atoms with E-state index < -0.39 is 17.7 Å². The maximum Gasteiger partial charge on any atom is 0.295 e. The molecule has 8 heteroatoms. The van der Waals surface area contributed by atoms with Crippen LogP contribution in [-0.2, 0) is 14.3 Å². The van der Waals surface area contributed by atoms with Crippen molar-refractivity contribution in [2.24, 2.45) is 0 Å². The highest BCUT2D eigenvalue weighted by Crippen LogP contribution is 2.40. The summed E-state index contributed by atoms with van der Waals surface area (Å²) in [5, 5.41) is 11.5. The lowest BCUT2D eigenvalue weighted by Gasteiger charge is -2.29. The molecule has 0 unspecified atom stereocenters. The second kappa shape index (κ2) is 13.3. The van der Waals surface area contributed by atoms with E-state index in [2.05, 4.69) is 18.1 Å². The van der Waals surface area contributed by atoms with Crippen LogP contribution in [-0.4, -0.2) is 79.2 Å². The minimum Gasteiger partial charge on any atom is -0.507 e. The van der Waals surface area contributed by atoms with E-state index in [-0.39, 0.29) is 11.3 Å². The van der Waals surface area contributed by atoms with Crippen molar-refractivity contribution in [2.45, 2.75) is 19.4 Å². The second-order valence-corrected chi connectivity index (χ2v) is 9.55. The fraction of sp³-hybridized carbons (Fsp3) is 0.355. The first-order valence-corrected chi connectivity index (χ1v) is 13.2. The van der Waals surface area contributed by atoms with Crippen LogP contribution in [0, 0.1) is 6.92 Å². The molecular weight excluding hydrogens is 496 g/mol. The highest BCUT2D eigenvalue weighted by molar-refractivity contribution is 6.46. The third kappa shape index (κ3) is 6.58. The lowest BCUT2D eigenvalue weighted by molar-refractivity contribution is -0.140. The summed E-state index contributed by atoms with van der Waals surface area (Å²) in [5.74, 6) is -0.233. The number of hydrogen-bond donors (Lipinski definition) is 1. The summed E-state index contributed by atoms with van der Waals surface area (Å²) < 4.78 is 16.6. The molecule has 206 valence electrons. The van der Waals surface area contributed by atoms with Gasteiger partial charge in [-0.1, -0.05) is 37.4 Å². The maximum atomic E-state index is 13.4. The fourth-order valence-corrected chi connectivity index (χ4v) is 4.94. The van der Waals surface area contributed by atoms with Crippen molar-refractivity contribution in [1.29, 1.82) is 0 Å². The summed E-state index contributed by atoms with van der Waals surface area (Å²) >= 11 is 0. The summed E-state index contributed by atoms with van der Waals surface area (Å²) in [4.78, 5) is 30.6. The summed E-state index contributed by atoms with van der Waals surface area (Å²) in [7, 11) is 0. The number of Topliss-reactive ketones (excluding diaryl/α,β-unsaturated/α-hetero) is 1. The average Bonchev–Trinajstić information content (AvgIpc) is 3.20. The Morgan fingerprint density at radius 2 is 1.64 bits per heavy atom. The van der Waals surface area contributed by atoms with Crippen LogP contribution in [0.4, 0.5) is 0 Å². The monoisotopic (exact) mass is 532 g/mol. The zero-order valence-corrected chi connectivity index (χ0v) is 22.4. The van der Waals surface area contributed by atoms with Gasteiger partial charge in [0.2, 0.25) is 0 Å². The lowest BCUT2D eigenvalue weighted by atomic mass is 9.93. The number of nitrogens with zero attached hydrogens (tertiary/aromatic N) is 2. The van der Waals surface area contributed by atoms with Crippen molar-refractivity contribution < 1.29 is 28.9 Å². The fourth-order valence-electron chi connectivity index (χ4n) is 4.94. The first-order valence-electron chi connectivity index (χ1n) is 13.2. The highest BCUT2D eigenvalue weighted by atomic mass is 16.5. The molecule has 0 aromatic heterocycles. The summed E-state index contributed by atoms with van der Waals surface area (Å²) in [6.45, 7) is 14.1. The maximum absolute atomic E-state index is 13.4. The predicted molar refractivity (Wildman–Crippen MR) is 150 cm³/mol. The molecule has 1 amide bonds. The zero-order chi connectivity index (χ0) is 27.8. The Bertz CT molecular complexity index is 1230. The Kier molecular flexibility index (Phi) is 9.57. The van der Waals surface area contributed by atoms with Gasteiger partial charge in [-0.05, 0) is 54.8 Å². The lowest BCUT2D eigenvalue weighted by Crippen LogP contribution is -2.38. The number of amides is 1. The molecule has 2 aromatic rings. The summed E-state index contributed by atoms with van der Waals surface area (Å²) in [6, 6.07) is 11.7. The molecule has 2 fully saturated rings. The molecule has 0 saturated carbocycles. The largest absolute Gasteiger partial charge is 0.507 e. The SMILES string of the molecule is C=CCOc1ccc([C@H]2C(=C(O)c3ccc(OCC=C)cc3C)C(=O)C(=O)N2CCCN2CCOCC2)cc1. The number of carbonyl (C=O) groups is 2. The molecular formula is C31H36N2O6. The van der Waals surface area contributed by atoms with Crippen molar-refractivity contribution in [3.05, 3.63) is 90.0 Å². The van der Waals surface area contributed by atoms with Gasteiger partial charge in [-0.15, -0.1) is 0 Å². The van der Waals surface area contributed by atoms with Crippen LogP contribution in [0.25, 0.3) is 5.76 Å². The number of aryl methyl sites for hydroxylation is 1. The van der Waals surface area contributed by atoms with Crippen molar-refractivity contribution in [1.82, 2.24) is 9.80 Å². The molecule has 0 spiro atoms. The van der Waals surface area contributed by atoms with Gasteiger partial charge in [0.05, 0.1) is 24.8 Å². The van der Waals surface area contributed by atoms with Gasteiger partial charge < -0.3 is 24.2 Å². The van der Waals surface area contributed by atoms with E-state index in [4.69, 9.17) is 14.2 Å². The molecule has 2 aromatic carbocycles. The molecule has 1 atom stereocenters. The van der Waals surface area contributed by atoms with Crippen molar-refractivity contribution in [3.63, 3.8) is 0 Å². The molecule has 8 nitrogen and oxygen atoms in total. The average molecular weight is 533 g/mol. The van der Waals surface area contributed by atoms with Crippen LogP contribution in [0.1, 0.15) is 29.2 Å². The van der Waals surface area contributed by atoms with E-state index in [0.717, 1.165) is 30.8 Å². The number of rotatable bonds is 12. The Hall–Kier alpha value is -3.88. The molecule has 2 aliphatic rings. The smallest absolute Gasteiger partial charge is 0.295 e. The Morgan fingerprint density at radius 3 is 2.28 bits per heavy atom. The summed E-state index contributed by atoms with van der Waals surface area (Å²) in [5.41, 5.74) is 1.99. The quantitative estimate of drug-likeness (QED) is 0.189. The molecule has 2 aliphatic heterocycles. The topological polar surface area (TPSA) is 88.5 Å². The third-order valence-corrected chi connectivity index (χ3v) is 6.90. The number of benzene rings is 2. The van der Waals surface area contributed by atoms with E-state index in [0.29, 0.717) is 56.5 Å². The van der Waals surface area contributed by atoms with E-state index in [1.807, 2.05) is 19.1 Å². The molecule has 0 radical (unpaired) electrons. The van der Waals surface area contributed by atoms with Gasteiger partial charge in [0, 0.05) is 31.7 Å². The minimum absolute atomic E-state index is 0.0778. The van der Waals surface area contributed by atoms with Crippen LogP contribution in [0.5, 0.6) is 11.5 Å². The second-order valence-electron chi connectivity index (χ2n) is 9.55. The third-order valence-electron chi connectivity index (χ3n) is 6.90. The van der Waals surface area contributed by atoms with E-state index in [9.17, 15) is 14.7 Å². The van der Waals surface area contributed by atoms with Crippen LogP contribution in [0.2, 0.25) is 0 Å². The molecule has 0 aliphatic carbocycles. The van der Waals surface area contributed by atoms with Gasteiger partial charge in [-0.25, -0.2) is 0 Å². The summed E-state index contributed by atoms with van der Waals surface area (Å²) in [6.07, 6.45) is 4.00. The van der Waals surface area contributed by atoms with Gasteiger partial charge >= 0.3 is 0 Å². The zero-order valence-electron chi connectivity index (χ0n) is 22.4. The number of aliphatic hydroxyl groups is 1.